The molecule has 88 valence electrons. The molecule has 5 nitrogen and oxygen atoms in total. The smallest absolute Gasteiger partial charge is 0.245 e. The minimum Gasteiger partial charge on any atom is -0.495 e. The first-order valence-corrected chi connectivity index (χ1v) is 4.96. The lowest BCUT2D eigenvalue weighted by molar-refractivity contribution is -0.125. The van der Waals surface area contributed by atoms with Gasteiger partial charge in [0.1, 0.15) is 12.4 Å². The zero-order chi connectivity index (χ0) is 12.0. The van der Waals surface area contributed by atoms with Gasteiger partial charge in [0.2, 0.25) is 5.91 Å². The maximum atomic E-state index is 10.4. The van der Waals surface area contributed by atoms with Crippen LogP contribution < -0.4 is 16.0 Å². The van der Waals surface area contributed by atoms with Crippen molar-refractivity contribution in [1.29, 1.82) is 0 Å². The number of benzene rings is 1. The Balaban J connectivity index is 2.43. The van der Waals surface area contributed by atoms with Gasteiger partial charge in [0, 0.05) is 6.54 Å². The van der Waals surface area contributed by atoms with Crippen LogP contribution >= 0.6 is 11.6 Å². The van der Waals surface area contributed by atoms with Gasteiger partial charge in [0.15, 0.2) is 0 Å². The van der Waals surface area contributed by atoms with Gasteiger partial charge in [-0.3, -0.25) is 9.63 Å². The lowest BCUT2D eigenvalue weighted by atomic mass is 10.2. The highest BCUT2D eigenvalue weighted by atomic mass is 35.5. The number of nitrogens with one attached hydrogen (secondary N) is 1. The standard InChI is InChI=1S/C10H13ClN2O3/c1-15-9-3-2-7(4-8(9)11)5-13-16-6-10(12)14/h2-4,13H,5-6H2,1H3,(H2,12,14). The molecule has 0 heterocycles. The first kappa shape index (κ1) is 12.8. The monoisotopic (exact) mass is 244 g/mol. The number of hydrogen-bond acceptors (Lipinski definition) is 4. The summed E-state index contributed by atoms with van der Waals surface area (Å²) < 4.78 is 5.01. The highest BCUT2D eigenvalue weighted by Gasteiger charge is 2.01. The molecule has 0 unspecified atom stereocenters. The predicted octanol–water partition coefficient (Wildman–Crippen LogP) is 0.855. The predicted molar refractivity (Wildman–Crippen MR) is 60.0 cm³/mol. The summed E-state index contributed by atoms with van der Waals surface area (Å²) in [5.41, 5.74) is 8.40. The van der Waals surface area contributed by atoms with Crippen molar-refractivity contribution in [3.8, 4) is 5.75 Å². The molecular weight excluding hydrogens is 232 g/mol. The summed E-state index contributed by atoms with van der Waals surface area (Å²) in [6, 6.07) is 5.35. The molecule has 16 heavy (non-hydrogen) atoms. The number of halogens is 1. The van der Waals surface area contributed by atoms with E-state index < -0.39 is 5.91 Å². The largest absolute Gasteiger partial charge is 0.495 e. The normalized spacial score (nSPS) is 10.1. The van der Waals surface area contributed by atoms with Gasteiger partial charge in [0.05, 0.1) is 12.1 Å². The fourth-order valence-electron chi connectivity index (χ4n) is 1.08. The average molecular weight is 245 g/mol. The number of hydrogen-bond donors (Lipinski definition) is 2. The minimum absolute atomic E-state index is 0.163. The number of rotatable bonds is 6. The van der Waals surface area contributed by atoms with Crippen LogP contribution in [0.5, 0.6) is 5.75 Å². The molecule has 1 aromatic rings. The van der Waals surface area contributed by atoms with Crippen molar-refractivity contribution in [2.24, 2.45) is 5.73 Å². The van der Waals surface area contributed by atoms with Crippen molar-refractivity contribution in [2.45, 2.75) is 6.54 Å². The molecule has 0 aromatic heterocycles. The Morgan fingerprint density at radius 2 is 2.31 bits per heavy atom. The second-order valence-electron chi connectivity index (χ2n) is 3.05. The van der Waals surface area contributed by atoms with E-state index in [1.165, 1.54) is 0 Å². The Kier molecular flexibility index (Phi) is 5.04. The molecule has 0 saturated heterocycles. The van der Waals surface area contributed by atoms with E-state index in [4.69, 9.17) is 26.9 Å². The van der Waals surface area contributed by atoms with Crippen molar-refractivity contribution in [1.82, 2.24) is 5.48 Å². The Labute approximate surface area is 98.4 Å². The van der Waals surface area contributed by atoms with Crippen LogP contribution in [-0.2, 0) is 16.2 Å². The van der Waals surface area contributed by atoms with E-state index in [2.05, 4.69) is 5.48 Å². The van der Waals surface area contributed by atoms with Crippen LogP contribution in [0.15, 0.2) is 18.2 Å². The van der Waals surface area contributed by atoms with Crippen LogP contribution in [0.3, 0.4) is 0 Å². The highest BCUT2D eigenvalue weighted by Crippen LogP contribution is 2.24. The molecule has 0 radical (unpaired) electrons. The average Bonchev–Trinajstić information content (AvgIpc) is 2.24. The Morgan fingerprint density at radius 1 is 1.56 bits per heavy atom. The number of methoxy groups -OCH3 is 1. The van der Waals surface area contributed by atoms with Crippen LogP contribution in [-0.4, -0.2) is 19.6 Å². The molecular formula is C10H13ClN2O3. The van der Waals surface area contributed by atoms with E-state index in [1.54, 1.807) is 19.2 Å². The molecule has 6 heteroatoms. The van der Waals surface area contributed by atoms with Crippen LogP contribution in [0.1, 0.15) is 5.56 Å². The van der Waals surface area contributed by atoms with Gasteiger partial charge < -0.3 is 10.5 Å². The second kappa shape index (κ2) is 6.32. The third-order valence-electron chi connectivity index (χ3n) is 1.81. The first-order chi connectivity index (χ1) is 7.63. The van der Waals surface area contributed by atoms with Crippen LogP contribution in [0.4, 0.5) is 0 Å². The fraction of sp³-hybridized carbons (Fsp3) is 0.300. The van der Waals surface area contributed by atoms with E-state index in [9.17, 15) is 4.79 Å². The Hall–Kier alpha value is -1.30. The molecule has 0 saturated carbocycles. The third kappa shape index (κ3) is 4.06. The van der Waals surface area contributed by atoms with Gasteiger partial charge >= 0.3 is 0 Å². The summed E-state index contributed by atoms with van der Waals surface area (Å²) in [6.07, 6.45) is 0. The molecule has 0 aliphatic rings. The summed E-state index contributed by atoms with van der Waals surface area (Å²) in [5.74, 6) is 0.0868. The maximum absolute atomic E-state index is 10.4. The molecule has 1 aromatic carbocycles. The number of ether oxygens (including phenoxy) is 1. The quantitative estimate of drug-likeness (QED) is 0.575. The summed E-state index contributed by atoms with van der Waals surface area (Å²) in [5, 5.41) is 0.525. The molecule has 0 aliphatic heterocycles. The number of primary amides is 1. The molecule has 0 fully saturated rings. The Morgan fingerprint density at radius 3 is 2.88 bits per heavy atom. The first-order valence-electron chi connectivity index (χ1n) is 4.59. The lowest BCUT2D eigenvalue weighted by Crippen LogP contribution is -2.24. The maximum Gasteiger partial charge on any atom is 0.245 e. The molecule has 1 rings (SSSR count). The topological polar surface area (TPSA) is 73.6 Å². The van der Waals surface area contributed by atoms with E-state index in [-0.39, 0.29) is 6.61 Å². The zero-order valence-corrected chi connectivity index (χ0v) is 9.58. The van der Waals surface area contributed by atoms with Gasteiger partial charge in [-0.2, -0.15) is 5.48 Å². The van der Waals surface area contributed by atoms with Gasteiger partial charge in [-0.1, -0.05) is 17.7 Å². The van der Waals surface area contributed by atoms with Gasteiger partial charge in [-0.25, -0.2) is 0 Å². The fourth-order valence-corrected chi connectivity index (χ4v) is 1.36. The number of nitrogens with two attached hydrogens (primary N) is 1. The second-order valence-corrected chi connectivity index (χ2v) is 3.45. The number of hydroxylamine groups is 1. The molecule has 0 atom stereocenters. The number of amides is 1. The zero-order valence-electron chi connectivity index (χ0n) is 8.83. The van der Waals surface area contributed by atoms with Gasteiger partial charge in [-0.05, 0) is 17.7 Å². The minimum atomic E-state index is -0.528. The van der Waals surface area contributed by atoms with Crippen molar-refractivity contribution in [3.05, 3.63) is 28.8 Å². The van der Waals surface area contributed by atoms with Crippen molar-refractivity contribution >= 4 is 17.5 Å². The Bertz CT molecular complexity index is 371. The summed E-state index contributed by atoms with van der Waals surface area (Å²) >= 11 is 5.93. The van der Waals surface area contributed by atoms with Crippen molar-refractivity contribution in [3.63, 3.8) is 0 Å². The molecule has 0 spiro atoms. The number of carbonyl (C=O) groups excluding carboxylic acids is 1. The molecule has 0 aliphatic carbocycles. The van der Waals surface area contributed by atoms with Crippen molar-refractivity contribution < 1.29 is 14.4 Å². The van der Waals surface area contributed by atoms with E-state index in [1.807, 2.05) is 6.07 Å². The molecule has 0 bridgehead atoms. The molecule has 3 N–H and O–H groups in total. The van der Waals surface area contributed by atoms with Crippen molar-refractivity contribution in [2.75, 3.05) is 13.7 Å². The third-order valence-corrected chi connectivity index (χ3v) is 2.10. The number of carbonyl (C=O) groups is 1. The van der Waals surface area contributed by atoms with Crippen LogP contribution in [0.25, 0.3) is 0 Å². The van der Waals surface area contributed by atoms with E-state index in [0.29, 0.717) is 17.3 Å². The molecule has 1 amide bonds. The van der Waals surface area contributed by atoms with E-state index in [0.717, 1.165) is 5.56 Å². The summed E-state index contributed by atoms with van der Waals surface area (Å²) in [7, 11) is 1.55. The lowest BCUT2D eigenvalue weighted by Gasteiger charge is -2.07. The van der Waals surface area contributed by atoms with Gasteiger partial charge in [-0.15, -0.1) is 0 Å². The summed E-state index contributed by atoms with van der Waals surface area (Å²) in [4.78, 5) is 15.2. The highest BCUT2D eigenvalue weighted by molar-refractivity contribution is 6.32. The summed E-state index contributed by atoms with van der Waals surface area (Å²) in [6.45, 7) is 0.265. The SMILES string of the molecule is COc1ccc(CNOCC(N)=O)cc1Cl. The van der Waals surface area contributed by atoms with Gasteiger partial charge in [0.25, 0.3) is 0 Å². The van der Waals surface area contributed by atoms with Crippen LogP contribution in [0, 0.1) is 0 Å². The van der Waals surface area contributed by atoms with Crippen LogP contribution in [0.2, 0.25) is 5.02 Å². The van der Waals surface area contributed by atoms with E-state index >= 15 is 0 Å².